The lowest BCUT2D eigenvalue weighted by atomic mass is 9.97. The average molecular weight is 282 g/mol. The third-order valence-electron chi connectivity index (χ3n) is 2.30. The number of nitrogens with one attached hydrogen (secondary N) is 1. The van der Waals surface area contributed by atoms with Gasteiger partial charge in [0.1, 0.15) is 4.66 Å². The summed E-state index contributed by atoms with van der Waals surface area (Å²) < 4.78 is 24.7. The second-order valence-electron chi connectivity index (χ2n) is 3.48. The molecule has 5 heteroatoms. The van der Waals surface area contributed by atoms with E-state index < -0.39 is 10.0 Å². The minimum atomic E-state index is -3.08. The Balaban J connectivity index is 2.24. The maximum absolute atomic E-state index is 11.1. The first kappa shape index (κ1) is 12.2. The molecular weight excluding hydrogens is 266 g/mol. The van der Waals surface area contributed by atoms with Crippen LogP contribution in [-0.4, -0.2) is 19.6 Å². The molecule has 1 N–H and O–H groups in total. The molecule has 0 unspecified atom stereocenters. The van der Waals surface area contributed by atoms with Gasteiger partial charge in [0, 0.05) is 6.54 Å². The zero-order valence-corrected chi connectivity index (χ0v) is 10.5. The van der Waals surface area contributed by atoms with Crippen LogP contribution in [0.3, 0.4) is 0 Å². The highest BCUT2D eigenvalue weighted by molar-refractivity contribution is 9.10. The lowest BCUT2D eigenvalue weighted by Crippen LogP contribution is -2.25. The lowest BCUT2D eigenvalue weighted by molar-refractivity contribution is 0.584. The number of rotatable bonds is 5. The molecule has 0 aromatic heterocycles. The summed E-state index contributed by atoms with van der Waals surface area (Å²) in [5.74, 6) is 0. The summed E-state index contributed by atoms with van der Waals surface area (Å²) >= 11 is 2.93. The highest BCUT2D eigenvalue weighted by Crippen LogP contribution is 2.19. The molecule has 0 amide bonds. The van der Waals surface area contributed by atoms with Crippen LogP contribution in [-0.2, 0) is 10.0 Å². The molecule has 0 bridgehead atoms. The van der Waals surface area contributed by atoms with Gasteiger partial charge in [-0.2, -0.15) is 0 Å². The molecule has 1 aliphatic rings. The summed E-state index contributed by atoms with van der Waals surface area (Å²) in [6, 6.07) is 0. The van der Waals surface area contributed by atoms with E-state index in [-0.39, 0.29) is 4.66 Å². The van der Waals surface area contributed by atoms with Gasteiger partial charge in [0.05, 0.1) is 0 Å². The molecule has 1 aliphatic carbocycles. The van der Waals surface area contributed by atoms with Crippen molar-refractivity contribution < 1.29 is 8.42 Å². The number of hydrogen-bond donors (Lipinski definition) is 1. The zero-order valence-electron chi connectivity index (χ0n) is 8.13. The molecule has 0 saturated carbocycles. The van der Waals surface area contributed by atoms with Crippen molar-refractivity contribution in [3.05, 3.63) is 11.6 Å². The van der Waals surface area contributed by atoms with Crippen molar-refractivity contribution in [2.24, 2.45) is 0 Å². The summed E-state index contributed by atoms with van der Waals surface area (Å²) in [7, 11) is -3.08. The van der Waals surface area contributed by atoms with Gasteiger partial charge in [0.25, 0.3) is 0 Å². The number of allylic oxidation sites excluding steroid dienone is 1. The fraction of sp³-hybridized carbons (Fsp3) is 0.778. The normalized spacial score (nSPS) is 17.9. The van der Waals surface area contributed by atoms with Crippen LogP contribution in [0.25, 0.3) is 0 Å². The van der Waals surface area contributed by atoms with Crippen LogP contribution in [0.1, 0.15) is 32.1 Å². The fourth-order valence-corrected chi connectivity index (χ4v) is 2.51. The molecule has 1 rings (SSSR count). The molecule has 14 heavy (non-hydrogen) atoms. The Morgan fingerprint density at radius 1 is 1.43 bits per heavy atom. The van der Waals surface area contributed by atoms with E-state index >= 15 is 0 Å². The van der Waals surface area contributed by atoms with Crippen LogP contribution in [0, 0.1) is 0 Å². The van der Waals surface area contributed by atoms with E-state index in [1.54, 1.807) is 0 Å². The quantitative estimate of drug-likeness (QED) is 0.620. The predicted molar refractivity (Wildman–Crippen MR) is 61.9 cm³/mol. The van der Waals surface area contributed by atoms with Crippen LogP contribution < -0.4 is 4.72 Å². The van der Waals surface area contributed by atoms with E-state index in [9.17, 15) is 8.42 Å². The largest absolute Gasteiger partial charge is 0.221 e. The van der Waals surface area contributed by atoms with Crippen molar-refractivity contribution in [3.8, 4) is 0 Å². The first-order valence-corrected chi connectivity index (χ1v) is 7.62. The monoisotopic (exact) mass is 281 g/mol. The minimum Gasteiger partial charge on any atom is -0.214 e. The van der Waals surface area contributed by atoms with Gasteiger partial charge in [-0.3, -0.25) is 0 Å². The molecule has 0 aromatic carbocycles. The van der Waals surface area contributed by atoms with Gasteiger partial charge in [-0.25, -0.2) is 13.1 Å². The third kappa shape index (κ3) is 4.57. The van der Waals surface area contributed by atoms with E-state index in [0.717, 1.165) is 19.3 Å². The van der Waals surface area contributed by atoms with Gasteiger partial charge in [-0.05, 0) is 32.1 Å². The smallest absolute Gasteiger partial charge is 0.214 e. The molecule has 0 atom stereocenters. The minimum absolute atomic E-state index is 0.0148. The van der Waals surface area contributed by atoms with Crippen LogP contribution in [0.5, 0.6) is 0 Å². The van der Waals surface area contributed by atoms with Crippen molar-refractivity contribution in [3.63, 3.8) is 0 Å². The summed E-state index contributed by atoms with van der Waals surface area (Å²) in [4.78, 5) is 0. The average Bonchev–Trinajstić information content (AvgIpc) is 2.19. The van der Waals surface area contributed by atoms with E-state index in [4.69, 9.17) is 0 Å². The Morgan fingerprint density at radius 3 is 2.79 bits per heavy atom. The first-order chi connectivity index (χ1) is 6.64. The van der Waals surface area contributed by atoms with Crippen LogP contribution >= 0.6 is 15.9 Å². The first-order valence-electron chi connectivity index (χ1n) is 4.85. The van der Waals surface area contributed by atoms with Crippen molar-refractivity contribution in [2.45, 2.75) is 32.1 Å². The molecule has 0 spiro atoms. The maximum atomic E-state index is 11.1. The van der Waals surface area contributed by atoms with Gasteiger partial charge >= 0.3 is 0 Å². The molecule has 0 aromatic rings. The summed E-state index contributed by atoms with van der Waals surface area (Å²) in [5.41, 5.74) is 1.40. The topological polar surface area (TPSA) is 46.2 Å². The van der Waals surface area contributed by atoms with Crippen LogP contribution in [0.2, 0.25) is 0 Å². The van der Waals surface area contributed by atoms with Crippen molar-refractivity contribution in [1.82, 2.24) is 4.72 Å². The number of halogens is 1. The Hall–Kier alpha value is 0.130. The van der Waals surface area contributed by atoms with Gasteiger partial charge in [0.2, 0.25) is 10.0 Å². The molecule has 0 heterocycles. The Labute approximate surface area is 94.1 Å². The van der Waals surface area contributed by atoms with E-state index in [1.165, 1.54) is 18.4 Å². The molecule has 0 aliphatic heterocycles. The number of alkyl halides is 1. The highest BCUT2D eigenvalue weighted by Gasteiger charge is 2.08. The Kier molecular flexibility index (Phi) is 5.12. The van der Waals surface area contributed by atoms with E-state index in [1.807, 2.05) is 0 Å². The fourth-order valence-electron chi connectivity index (χ4n) is 1.54. The molecule has 82 valence electrons. The Bertz CT molecular complexity index is 298. The van der Waals surface area contributed by atoms with Crippen LogP contribution in [0.4, 0.5) is 0 Å². The predicted octanol–water partition coefficient (Wildman–Crippen LogP) is 2.15. The SMILES string of the molecule is O=S(=O)(CBr)NCCC1=CCCCC1. The molecule has 0 radical (unpaired) electrons. The summed E-state index contributed by atoms with van der Waals surface area (Å²) in [5, 5.41) is 0. The van der Waals surface area contributed by atoms with Crippen molar-refractivity contribution in [2.75, 3.05) is 11.2 Å². The molecule has 0 saturated heterocycles. The molecule has 3 nitrogen and oxygen atoms in total. The van der Waals surface area contributed by atoms with Gasteiger partial charge in [0.15, 0.2) is 0 Å². The van der Waals surface area contributed by atoms with E-state index in [2.05, 4.69) is 26.7 Å². The Morgan fingerprint density at radius 2 is 2.21 bits per heavy atom. The second kappa shape index (κ2) is 5.88. The highest BCUT2D eigenvalue weighted by atomic mass is 79.9. The van der Waals surface area contributed by atoms with Crippen molar-refractivity contribution in [1.29, 1.82) is 0 Å². The number of sulfonamides is 1. The van der Waals surface area contributed by atoms with E-state index in [0.29, 0.717) is 6.54 Å². The van der Waals surface area contributed by atoms with Crippen LogP contribution in [0.15, 0.2) is 11.6 Å². The van der Waals surface area contributed by atoms with Gasteiger partial charge in [-0.15, -0.1) is 0 Å². The zero-order chi connectivity index (χ0) is 10.4. The third-order valence-corrected chi connectivity index (χ3v) is 5.04. The van der Waals surface area contributed by atoms with Gasteiger partial charge in [-0.1, -0.05) is 27.6 Å². The van der Waals surface area contributed by atoms with Gasteiger partial charge < -0.3 is 0 Å². The lowest BCUT2D eigenvalue weighted by Gasteiger charge is -2.12. The maximum Gasteiger partial charge on any atom is 0.221 e. The molecular formula is C9H16BrNO2S. The van der Waals surface area contributed by atoms with Crippen molar-refractivity contribution >= 4 is 26.0 Å². The standard InChI is InChI=1S/C9H16BrNO2S/c10-8-14(12,13)11-7-6-9-4-2-1-3-5-9/h4,11H,1-3,5-8H2. The summed E-state index contributed by atoms with van der Waals surface area (Å²) in [6.45, 7) is 0.528. The summed E-state index contributed by atoms with van der Waals surface area (Å²) in [6.07, 6.45) is 7.91. The second-order valence-corrected chi connectivity index (χ2v) is 6.59. The number of hydrogen-bond acceptors (Lipinski definition) is 2. The molecule has 0 fully saturated rings.